The molecule has 0 radical (unpaired) electrons. The van der Waals surface area contributed by atoms with E-state index in [4.69, 9.17) is 10.2 Å². The fraction of sp³-hybridized carbons (Fsp3) is 0.588. The van der Waals surface area contributed by atoms with Crippen LogP contribution in [-0.2, 0) is 0 Å². The zero-order valence-corrected chi connectivity index (χ0v) is 12.9. The second-order valence-corrected chi connectivity index (χ2v) is 5.98. The highest BCUT2D eigenvalue weighted by Crippen LogP contribution is 2.36. The minimum absolute atomic E-state index is 0.269. The number of aliphatic hydroxyl groups is 2. The zero-order chi connectivity index (χ0) is 15.8. The Balaban J connectivity index is 1.94. The van der Waals surface area contributed by atoms with E-state index in [9.17, 15) is 4.79 Å². The summed E-state index contributed by atoms with van der Waals surface area (Å²) in [5.74, 6) is 0.922. The Kier molecular flexibility index (Phi) is 6.68. The summed E-state index contributed by atoms with van der Waals surface area (Å²) in [5.41, 5.74) is 1.26. The minimum atomic E-state index is -0.610. The maximum absolute atomic E-state index is 11.9. The number of urea groups is 1. The number of carbonyl (C=O) groups excluding carboxylic acids is 1. The van der Waals surface area contributed by atoms with Gasteiger partial charge < -0.3 is 20.8 Å². The Hall–Kier alpha value is -1.59. The molecule has 1 fully saturated rings. The van der Waals surface area contributed by atoms with Crippen molar-refractivity contribution in [1.29, 1.82) is 0 Å². The average molecular weight is 306 g/mol. The number of hydrogen-bond acceptors (Lipinski definition) is 3. The first-order chi connectivity index (χ1) is 10.7. The Morgan fingerprint density at radius 1 is 1.14 bits per heavy atom. The van der Waals surface area contributed by atoms with Crippen LogP contribution < -0.4 is 10.6 Å². The molecule has 2 amide bonds. The molecule has 4 N–H and O–H groups in total. The second kappa shape index (κ2) is 8.76. The van der Waals surface area contributed by atoms with Crippen molar-refractivity contribution in [2.24, 2.45) is 5.92 Å². The number of carbonyl (C=O) groups is 1. The first kappa shape index (κ1) is 16.8. The summed E-state index contributed by atoms with van der Waals surface area (Å²) in [6, 6.07) is 9.35. The summed E-state index contributed by atoms with van der Waals surface area (Å²) in [4.78, 5) is 11.9. The predicted octanol–water partition coefficient (Wildman–Crippen LogP) is 1.61. The molecule has 122 valence electrons. The van der Waals surface area contributed by atoms with E-state index in [0.717, 1.165) is 0 Å². The third-order valence-electron chi connectivity index (χ3n) is 4.46. The molecule has 0 saturated heterocycles. The minimum Gasteiger partial charge on any atom is -0.394 e. The maximum atomic E-state index is 11.9. The molecule has 1 aromatic rings. The Morgan fingerprint density at radius 2 is 1.77 bits per heavy atom. The van der Waals surface area contributed by atoms with Gasteiger partial charge >= 0.3 is 6.03 Å². The summed E-state index contributed by atoms with van der Waals surface area (Å²) in [7, 11) is 0. The van der Waals surface area contributed by atoms with E-state index in [0.29, 0.717) is 18.4 Å². The summed E-state index contributed by atoms with van der Waals surface area (Å²) in [6.07, 6.45) is 4.94. The van der Waals surface area contributed by atoms with Gasteiger partial charge in [0.2, 0.25) is 0 Å². The zero-order valence-electron chi connectivity index (χ0n) is 12.9. The van der Waals surface area contributed by atoms with Gasteiger partial charge in [-0.2, -0.15) is 0 Å². The van der Waals surface area contributed by atoms with Crippen molar-refractivity contribution in [2.45, 2.75) is 37.6 Å². The molecule has 0 unspecified atom stereocenters. The SMILES string of the molecule is O=C(NC[C@@H](c1ccccc1)C1CCCC1)NC(CO)CO. The van der Waals surface area contributed by atoms with Crippen LogP contribution in [0.4, 0.5) is 4.79 Å². The Labute approximate surface area is 131 Å². The van der Waals surface area contributed by atoms with E-state index >= 15 is 0 Å². The maximum Gasteiger partial charge on any atom is 0.315 e. The predicted molar refractivity (Wildman–Crippen MR) is 85.6 cm³/mol. The van der Waals surface area contributed by atoms with Crippen molar-refractivity contribution in [2.75, 3.05) is 19.8 Å². The smallest absolute Gasteiger partial charge is 0.315 e. The molecule has 1 aliphatic carbocycles. The third-order valence-corrected chi connectivity index (χ3v) is 4.46. The summed E-state index contributed by atoms with van der Waals surface area (Å²) in [6.45, 7) is 0.0351. The van der Waals surface area contributed by atoms with Gasteiger partial charge in [0.15, 0.2) is 0 Å². The fourth-order valence-electron chi connectivity index (χ4n) is 3.20. The monoisotopic (exact) mass is 306 g/mol. The standard InChI is InChI=1S/C17H26N2O3/c20-11-15(12-21)19-17(22)18-10-16(14-8-4-5-9-14)13-6-2-1-3-7-13/h1-3,6-7,14-16,20-21H,4-5,8-12H2,(H2,18,19,22)/t16-/m0/s1. The molecular weight excluding hydrogens is 280 g/mol. The van der Waals surface area contributed by atoms with Gasteiger partial charge in [-0.1, -0.05) is 43.2 Å². The van der Waals surface area contributed by atoms with Crippen LogP contribution in [0.3, 0.4) is 0 Å². The van der Waals surface area contributed by atoms with Gasteiger partial charge in [0.25, 0.3) is 0 Å². The second-order valence-electron chi connectivity index (χ2n) is 5.98. The number of aliphatic hydroxyl groups excluding tert-OH is 2. The van der Waals surface area contributed by atoms with Crippen molar-refractivity contribution in [1.82, 2.24) is 10.6 Å². The lowest BCUT2D eigenvalue weighted by Gasteiger charge is -2.25. The normalized spacial score (nSPS) is 16.7. The molecule has 5 nitrogen and oxygen atoms in total. The number of amides is 2. The third kappa shape index (κ3) is 4.71. The van der Waals surface area contributed by atoms with Crippen molar-refractivity contribution < 1.29 is 15.0 Å². The molecule has 0 aromatic heterocycles. The van der Waals surface area contributed by atoms with Crippen LogP contribution in [-0.4, -0.2) is 42.0 Å². The van der Waals surface area contributed by atoms with E-state index in [1.165, 1.54) is 31.2 Å². The fourth-order valence-corrected chi connectivity index (χ4v) is 3.20. The van der Waals surface area contributed by atoms with Gasteiger partial charge in [-0.3, -0.25) is 0 Å². The van der Waals surface area contributed by atoms with Crippen molar-refractivity contribution >= 4 is 6.03 Å². The summed E-state index contributed by atoms with van der Waals surface area (Å²) in [5, 5.41) is 23.4. The number of nitrogens with one attached hydrogen (secondary N) is 2. The van der Waals surface area contributed by atoms with Gasteiger partial charge in [-0.25, -0.2) is 4.79 Å². The van der Waals surface area contributed by atoms with E-state index in [2.05, 4.69) is 22.8 Å². The number of benzene rings is 1. The highest BCUT2D eigenvalue weighted by atomic mass is 16.3. The molecule has 5 heteroatoms. The van der Waals surface area contributed by atoms with Gasteiger partial charge in [0.05, 0.1) is 19.3 Å². The topological polar surface area (TPSA) is 81.6 Å². The molecule has 1 saturated carbocycles. The van der Waals surface area contributed by atoms with Crippen molar-refractivity contribution in [3.8, 4) is 0 Å². The van der Waals surface area contributed by atoms with Crippen LogP contribution >= 0.6 is 0 Å². The lowest BCUT2D eigenvalue weighted by molar-refractivity contribution is 0.168. The van der Waals surface area contributed by atoms with Crippen LogP contribution in [0.1, 0.15) is 37.2 Å². The van der Waals surface area contributed by atoms with Crippen LogP contribution in [0, 0.1) is 5.92 Å². The molecule has 0 aliphatic heterocycles. The quantitative estimate of drug-likeness (QED) is 0.618. The van der Waals surface area contributed by atoms with E-state index in [1.54, 1.807) is 0 Å². The van der Waals surface area contributed by atoms with E-state index in [1.807, 2.05) is 18.2 Å². The molecule has 0 bridgehead atoms. The number of rotatable bonds is 7. The van der Waals surface area contributed by atoms with Gasteiger partial charge in [0.1, 0.15) is 0 Å². The lowest BCUT2D eigenvalue weighted by atomic mass is 9.85. The highest BCUT2D eigenvalue weighted by molar-refractivity contribution is 5.74. The summed E-state index contributed by atoms with van der Waals surface area (Å²) < 4.78 is 0. The Bertz CT molecular complexity index is 442. The molecule has 0 heterocycles. The van der Waals surface area contributed by atoms with E-state index in [-0.39, 0.29) is 19.2 Å². The van der Waals surface area contributed by atoms with Gasteiger partial charge in [0, 0.05) is 12.5 Å². The molecule has 1 atom stereocenters. The number of hydrogen-bond donors (Lipinski definition) is 4. The first-order valence-corrected chi connectivity index (χ1v) is 8.05. The molecule has 1 aromatic carbocycles. The lowest BCUT2D eigenvalue weighted by Crippen LogP contribution is -2.46. The Morgan fingerprint density at radius 3 is 2.36 bits per heavy atom. The molecule has 2 rings (SSSR count). The summed E-state index contributed by atoms with van der Waals surface area (Å²) >= 11 is 0. The average Bonchev–Trinajstić information content (AvgIpc) is 3.08. The van der Waals surface area contributed by atoms with Gasteiger partial charge in [-0.15, -0.1) is 0 Å². The van der Waals surface area contributed by atoms with Crippen molar-refractivity contribution in [3.63, 3.8) is 0 Å². The first-order valence-electron chi connectivity index (χ1n) is 8.05. The molecule has 1 aliphatic rings. The largest absolute Gasteiger partial charge is 0.394 e. The highest BCUT2D eigenvalue weighted by Gasteiger charge is 2.26. The van der Waals surface area contributed by atoms with Crippen LogP contribution in [0.15, 0.2) is 30.3 Å². The molecular formula is C17H26N2O3. The van der Waals surface area contributed by atoms with Crippen molar-refractivity contribution in [3.05, 3.63) is 35.9 Å². The van der Waals surface area contributed by atoms with E-state index < -0.39 is 6.04 Å². The van der Waals surface area contributed by atoms with Crippen LogP contribution in [0.25, 0.3) is 0 Å². The molecule has 22 heavy (non-hydrogen) atoms. The van der Waals surface area contributed by atoms with Crippen LogP contribution in [0.2, 0.25) is 0 Å². The van der Waals surface area contributed by atoms with Crippen LogP contribution in [0.5, 0.6) is 0 Å². The molecule has 0 spiro atoms. The van der Waals surface area contributed by atoms with Gasteiger partial charge in [-0.05, 0) is 24.3 Å².